The van der Waals surface area contributed by atoms with Gasteiger partial charge in [-0.15, -0.1) is 0 Å². The number of sulfonamides is 1. The number of nitrogens with zero attached hydrogens (tertiary/aromatic N) is 1. The average molecular weight is 356 g/mol. The minimum atomic E-state index is -3.59. The summed E-state index contributed by atoms with van der Waals surface area (Å²) in [7, 11) is -3.59. The lowest BCUT2D eigenvalue weighted by Crippen LogP contribution is -2.53. The summed E-state index contributed by atoms with van der Waals surface area (Å²) in [6, 6.07) is 4.78. The third kappa shape index (κ3) is 3.84. The molecule has 7 heteroatoms. The van der Waals surface area contributed by atoms with Crippen LogP contribution in [0.3, 0.4) is 0 Å². The molecular weight excluding hydrogens is 328 g/mol. The van der Waals surface area contributed by atoms with E-state index in [9.17, 15) is 8.42 Å². The number of hydrogen-bond acceptors (Lipinski definition) is 5. The highest BCUT2D eigenvalue weighted by Crippen LogP contribution is 2.34. The summed E-state index contributed by atoms with van der Waals surface area (Å²) in [4.78, 5) is 0.223. The molecule has 1 heterocycles. The van der Waals surface area contributed by atoms with Crippen LogP contribution < -0.4 is 15.2 Å². The number of ether oxygens (including phenoxy) is 2. The van der Waals surface area contributed by atoms with E-state index in [2.05, 4.69) is 0 Å². The van der Waals surface area contributed by atoms with E-state index in [4.69, 9.17) is 15.2 Å². The van der Waals surface area contributed by atoms with E-state index in [-0.39, 0.29) is 16.4 Å². The molecule has 1 fully saturated rings. The summed E-state index contributed by atoms with van der Waals surface area (Å²) in [6.45, 7) is 9.51. The second-order valence-corrected chi connectivity index (χ2v) is 8.63. The molecule has 0 saturated carbocycles. The first-order valence-corrected chi connectivity index (χ1v) is 9.81. The average Bonchev–Trinajstić information content (AvgIpc) is 2.52. The Kier molecular flexibility index (Phi) is 5.78. The Bertz CT molecular complexity index is 673. The number of piperidine rings is 1. The molecule has 6 nitrogen and oxygen atoms in total. The number of rotatable bonds is 6. The number of nitrogens with two attached hydrogens (primary N) is 1. The smallest absolute Gasteiger partial charge is 0.243 e. The summed E-state index contributed by atoms with van der Waals surface area (Å²) in [5.74, 6) is 1.01. The Morgan fingerprint density at radius 1 is 1.21 bits per heavy atom. The second kappa shape index (κ2) is 7.29. The zero-order valence-corrected chi connectivity index (χ0v) is 15.7. The number of benzene rings is 1. The molecular formula is C17H28N2O4S. The molecule has 1 aromatic rings. The van der Waals surface area contributed by atoms with Gasteiger partial charge in [0.2, 0.25) is 10.0 Å². The molecule has 1 aliphatic rings. The first-order chi connectivity index (χ1) is 11.2. The predicted octanol–water partition coefficient (Wildman–Crippen LogP) is 2.23. The zero-order chi connectivity index (χ0) is 18.0. The molecule has 0 aliphatic carbocycles. The van der Waals surface area contributed by atoms with E-state index in [1.54, 1.807) is 18.2 Å². The fraction of sp³-hybridized carbons (Fsp3) is 0.647. The first kappa shape index (κ1) is 19.0. The Morgan fingerprint density at radius 2 is 1.83 bits per heavy atom. The molecule has 0 radical (unpaired) electrons. The van der Waals surface area contributed by atoms with Crippen molar-refractivity contribution in [3.05, 3.63) is 18.2 Å². The van der Waals surface area contributed by atoms with E-state index >= 15 is 0 Å². The van der Waals surface area contributed by atoms with Crippen LogP contribution in [0.2, 0.25) is 0 Å². The predicted molar refractivity (Wildman–Crippen MR) is 93.9 cm³/mol. The lowest BCUT2D eigenvalue weighted by molar-refractivity contribution is 0.155. The lowest BCUT2D eigenvalue weighted by atomic mass is 9.81. The molecule has 1 atom stereocenters. The fourth-order valence-electron chi connectivity index (χ4n) is 2.87. The standard InChI is InChI=1S/C17H28N2O4S/c1-5-22-14-8-7-13(11-15(14)23-6-2)24(20,21)19-10-9-16(18)17(3,4)12-19/h7-8,11,16H,5-6,9-10,12,18H2,1-4H3. The summed E-state index contributed by atoms with van der Waals surface area (Å²) >= 11 is 0. The maximum absolute atomic E-state index is 13.0. The third-order valence-corrected chi connectivity index (χ3v) is 6.27. The van der Waals surface area contributed by atoms with Crippen molar-refractivity contribution < 1.29 is 17.9 Å². The molecule has 0 amide bonds. The van der Waals surface area contributed by atoms with Gasteiger partial charge in [0.1, 0.15) is 0 Å². The highest BCUT2D eigenvalue weighted by Gasteiger charge is 2.39. The summed E-state index contributed by atoms with van der Waals surface area (Å²) in [5, 5.41) is 0. The highest BCUT2D eigenvalue weighted by molar-refractivity contribution is 7.89. The van der Waals surface area contributed by atoms with Crippen LogP contribution >= 0.6 is 0 Å². The van der Waals surface area contributed by atoms with Crippen molar-refractivity contribution in [2.45, 2.75) is 45.1 Å². The van der Waals surface area contributed by atoms with E-state index < -0.39 is 10.0 Å². The quantitative estimate of drug-likeness (QED) is 0.845. The van der Waals surface area contributed by atoms with Crippen molar-refractivity contribution in [3.63, 3.8) is 0 Å². The Hall–Kier alpha value is -1.31. The first-order valence-electron chi connectivity index (χ1n) is 8.37. The minimum Gasteiger partial charge on any atom is -0.490 e. The van der Waals surface area contributed by atoms with Gasteiger partial charge in [-0.3, -0.25) is 0 Å². The molecule has 1 unspecified atom stereocenters. The highest BCUT2D eigenvalue weighted by atomic mass is 32.2. The van der Waals surface area contributed by atoms with Crippen LogP contribution in [0.1, 0.15) is 34.1 Å². The number of hydrogen-bond donors (Lipinski definition) is 1. The van der Waals surface area contributed by atoms with Gasteiger partial charge >= 0.3 is 0 Å². The van der Waals surface area contributed by atoms with Crippen LogP contribution in [0.5, 0.6) is 11.5 Å². The van der Waals surface area contributed by atoms with Crippen LogP contribution in [0.15, 0.2) is 23.1 Å². The van der Waals surface area contributed by atoms with Gasteiger partial charge in [0.05, 0.1) is 18.1 Å². The summed E-state index contributed by atoms with van der Waals surface area (Å²) in [6.07, 6.45) is 0.654. The van der Waals surface area contributed by atoms with Crippen molar-refractivity contribution in [1.82, 2.24) is 4.31 Å². The molecule has 1 aliphatic heterocycles. The normalized spacial score (nSPS) is 21.5. The maximum Gasteiger partial charge on any atom is 0.243 e. The Labute approximate surface area is 145 Å². The van der Waals surface area contributed by atoms with Crippen LogP contribution in [0.25, 0.3) is 0 Å². The van der Waals surface area contributed by atoms with E-state index in [0.29, 0.717) is 44.2 Å². The summed E-state index contributed by atoms with van der Waals surface area (Å²) in [5.41, 5.74) is 5.86. The second-order valence-electron chi connectivity index (χ2n) is 6.70. The van der Waals surface area contributed by atoms with Crippen LogP contribution in [-0.4, -0.2) is 45.1 Å². The van der Waals surface area contributed by atoms with Crippen LogP contribution in [0.4, 0.5) is 0 Å². The van der Waals surface area contributed by atoms with Gasteiger partial charge in [-0.25, -0.2) is 8.42 Å². The van der Waals surface area contributed by atoms with Gasteiger partial charge in [-0.2, -0.15) is 4.31 Å². The van der Waals surface area contributed by atoms with Gasteiger partial charge in [0.15, 0.2) is 11.5 Å². The summed E-state index contributed by atoms with van der Waals surface area (Å²) < 4.78 is 38.6. The molecule has 1 saturated heterocycles. The minimum absolute atomic E-state index is 0.00302. The SMILES string of the molecule is CCOc1ccc(S(=O)(=O)N2CCC(N)C(C)(C)C2)cc1OCC. The third-order valence-electron chi connectivity index (χ3n) is 4.43. The monoisotopic (exact) mass is 356 g/mol. The molecule has 0 spiro atoms. The topological polar surface area (TPSA) is 81.9 Å². The Balaban J connectivity index is 2.34. The lowest BCUT2D eigenvalue weighted by Gasteiger charge is -2.41. The Morgan fingerprint density at radius 3 is 2.42 bits per heavy atom. The van der Waals surface area contributed by atoms with Crippen molar-refractivity contribution >= 4 is 10.0 Å². The van der Waals surface area contributed by atoms with Crippen molar-refractivity contribution in [3.8, 4) is 11.5 Å². The molecule has 2 rings (SSSR count). The van der Waals surface area contributed by atoms with E-state index in [1.807, 2.05) is 27.7 Å². The van der Waals surface area contributed by atoms with Gasteiger partial charge in [-0.05, 0) is 37.8 Å². The van der Waals surface area contributed by atoms with E-state index in [0.717, 1.165) is 0 Å². The molecule has 0 bridgehead atoms. The molecule has 0 aromatic heterocycles. The van der Waals surface area contributed by atoms with Crippen molar-refractivity contribution in [2.24, 2.45) is 11.1 Å². The zero-order valence-electron chi connectivity index (χ0n) is 14.9. The molecule has 136 valence electrons. The fourth-order valence-corrected chi connectivity index (χ4v) is 4.51. The van der Waals surface area contributed by atoms with Gasteiger partial charge < -0.3 is 15.2 Å². The maximum atomic E-state index is 13.0. The van der Waals surface area contributed by atoms with Gasteiger partial charge in [0.25, 0.3) is 0 Å². The van der Waals surface area contributed by atoms with Gasteiger partial charge in [0, 0.05) is 25.2 Å². The van der Waals surface area contributed by atoms with Crippen molar-refractivity contribution in [2.75, 3.05) is 26.3 Å². The largest absolute Gasteiger partial charge is 0.490 e. The van der Waals surface area contributed by atoms with Crippen LogP contribution in [0, 0.1) is 5.41 Å². The van der Waals surface area contributed by atoms with Crippen LogP contribution in [-0.2, 0) is 10.0 Å². The molecule has 24 heavy (non-hydrogen) atoms. The van der Waals surface area contributed by atoms with Crippen molar-refractivity contribution in [1.29, 1.82) is 0 Å². The van der Waals surface area contributed by atoms with Gasteiger partial charge in [-0.1, -0.05) is 13.8 Å². The molecule has 1 aromatic carbocycles. The molecule has 2 N–H and O–H groups in total. The van der Waals surface area contributed by atoms with E-state index in [1.165, 1.54) is 4.31 Å².